The van der Waals surface area contributed by atoms with E-state index in [0.717, 1.165) is 0 Å². The molecule has 3 N–H and O–H groups in total. The van der Waals surface area contributed by atoms with Crippen molar-refractivity contribution < 1.29 is 19.5 Å². The van der Waals surface area contributed by atoms with E-state index in [1.807, 2.05) is 13.8 Å². The fraction of sp³-hybridized carbons (Fsp3) is 0.875. The van der Waals surface area contributed by atoms with Gasteiger partial charge in [-0.25, -0.2) is 10.7 Å². The van der Waals surface area contributed by atoms with E-state index in [1.54, 1.807) is 0 Å². The molecule has 78 valence electrons. The first-order valence-electron chi connectivity index (χ1n) is 4.08. The van der Waals surface area contributed by atoms with Crippen LogP contribution in [-0.2, 0) is 14.4 Å². The van der Waals surface area contributed by atoms with Crippen LogP contribution in [0.25, 0.3) is 0 Å². The number of ether oxygens (including phenoxy) is 1. The van der Waals surface area contributed by atoms with E-state index in [9.17, 15) is 4.79 Å². The highest BCUT2D eigenvalue weighted by atomic mass is 16.7. The van der Waals surface area contributed by atoms with Crippen LogP contribution in [0.4, 0.5) is 0 Å². The van der Waals surface area contributed by atoms with E-state index < -0.39 is 11.6 Å². The van der Waals surface area contributed by atoms with E-state index >= 15 is 0 Å². The van der Waals surface area contributed by atoms with Gasteiger partial charge in [-0.1, -0.05) is 13.8 Å². The molecule has 0 heterocycles. The van der Waals surface area contributed by atoms with Crippen molar-refractivity contribution in [3.05, 3.63) is 0 Å². The number of nitrogens with two attached hydrogens (primary N) is 1. The van der Waals surface area contributed by atoms with Gasteiger partial charge in [-0.05, 0) is 12.3 Å². The molecule has 0 rings (SSSR count). The molecule has 0 unspecified atom stereocenters. The number of rotatable bonds is 6. The lowest BCUT2D eigenvalue weighted by Crippen LogP contribution is -2.48. The van der Waals surface area contributed by atoms with Crippen molar-refractivity contribution >= 4 is 5.97 Å². The maximum atomic E-state index is 10.9. The summed E-state index contributed by atoms with van der Waals surface area (Å²) in [4.78, 5) is 15.4. The number of carbonyl (C=O) groups is 1. The molecule has 0 aliphatic heterocycles. The molecular weight excluding hydrogens is 174 g/mol. The predicted molar refractivity (Wildman–Crippen MR) is 47.0 cm³/mol. The molecule has 1 atom stereocenters. The number of carboxylic acid groups (broad SMARTS) is 1. The van der Waals surface area contributed by atoms with Gasteiger partial charge >= 0.3 is 5.97 Å². The molecule has 0 radical (unpaired) electrons. The number of hydrogen-bond acceptors (Lipinski definition) is 4. The monoisotopic (exact) mass is 191 g/mol. The van der Waals surface area contributed by atoms with Gasteiger partial charge in [0.2, 0.25) is 5.60 Å². The Labute approximate surface area is 77.8 Å². The van der Waals surface area contributed by atoms with E-state index in [0.29, 0.717) is 6.42 Å². The van der Waals surface area contributed by atoms with Gasteiger partial charge in [-0.2, -0.15) is 0 Å². The van der Waals surface area contributed by atoms with Crippen LogP contribution in [0, 0.1) is 5.92 Å². The Balaban J connectivity index is 4.54. The number of methoxy groups -OCH3 is 1. The van der Waals surface area contributed by atoms with Crippen LogP contribution in [0.1, 0.15) is 20.3 Å². The molecule has 0 aromatic heterocycles. The second kappa shape index (κ2) is 5.16. The fourth-order valence-electron chi connectivity index (χ4n) is 1.23. The summed E-state index contributed by atoms with van der Waals surface area (Å²) < 4.78 is 4.77. The van der Waals surface area contributed by atoms with Gasteiger partial charge in [-0.15, -0.1) is 0 Å². The summed E-state index contributed by atoms with van der Waals surface area (Å²) in [5.74, 6) is 4.07. The molecule has 5 heteroatoms. The predicted octanol–water partition coefficient (Wildman–Crippen LogP) is 0.393. The summed E-state index contributed by atoms with van der Waals surface area (Å²) in [6, 6.07) is 0. The van der Waals surface area contributed by atoms with E-state index in [4.69, 9.17) is 15.7 Å². The molecule has 0 spiro atoms. The SMILES string of the molecule is COC[C@](CC(C)C)(ON)C(=O)O. The van der Waals surface area contributed by atoms with Crippen molar-refractivity contribution in [3.8, 4) is 0 Å². The van der Waals surface area contributed by atoms with E-state index in [-0.39, 0.29) is 12.5 Å². The zero-order valence-electron chi connectivity index (χ0n) is 8.24. The zero-order chi connectivity index (χ0) is 10.5. The molecule has 0 aromatic carbocycles. The van der Waals surface area contributed by atoms with Gasteiger partial charge in [0.1, 0.15) is 0 Å². The molecule has 0 aromatic rings. The Morgan fingerprint density at radius 1 is 1.62 bits per heavy atom. The highest BCUT2D eigenvalue weighted by Gasteiger charge is 2.40. The maximum absolute atomic E-state index is 10.9. The average Bonchev–Trinajstić information content (AvgIpc) is 2.02. The zero-order valence-corrected chi connectivity index (χ0v) is 8.24. The second-order valence-corrected chi connectivity index (χ2v) is 3.45. The van der Waals surface area contributed by atoms with Crippen LogP contribution in [-0.4, -0.2) is 30.4 Å². The van der Waals surface area contributed by atoms with Crippen molar-refractivity contribution in [2.75, 3.05) is 13.7 Å². The molecule has 0 amide bonds. The minimum absolute atomic E-state index is 0.0446. The number of aliphatic carboxylic acids is 1. The van der Waals surface area contributed by atoms with Crippen molar-refractivity contribution in [2.45, 2.75) is 25.9 Å². The molecule has 0 fully saturated rings. The van der Waals surface area contributed by atoms with Gasteiger partial charge in [-0.3, -0.25) is 4.84 Å². The lowest BCUT2D eigenvalue weighted by atomic mass is 9.93. The normalized spacial score (nSPS) is 15.8. The van der Waals surface area contributed by atoms with Gasteiger partial charge in [0, 0.05) is 7.11 Å². The smallest absolute Gasteiger partial charge is 0.340 e. The Morgan fingerprint density at radius 2 is 2.15 bits per heavy atom. The third-order valence-electron chi connectivity index (χ3n) is 1.73. The lowest BCUT2D eigenvalue weighted by Gasteiger charge is -2.27. The minimum atomic E-state index is -1.41. The molecular formula is C8H17NO4. The molecule has 13 heavy (non-hydrogen) atoms. The first-order chi connectivity index (χ1) is 5.98. The molecule has 0 aliphatic rings. The Morgan fingerprint density at radius 3 is 2.38 bits per heavy atom. The van der Waals surface area contributed by atoms with Crippen LogP contribution in [0.15, 0.2) is 0 Å². The first-order valence-corrected chi connectivity index (χ1v) is 4.08. The average molecular weight is 191 g/mol. The topological polar surface area (TPSA) is 81.8 Å². The molecule has 5 nitrogen and oxygen atoms in total. The van der Waals surface area contributed by atoms with Gasteiger partial charge < -0.3 is 9.84 Å². The summed E-state index contributed by atoms with van der Waals surface area (Å²) in [6.07, 6.45) is 0.326. The minimum Gasteiger partial charge on any atom is -0.479 e. The highest BCUT2D eigenvalue weighted by molar-refractivity contribution is 5.77. The number of hydrogen-bond donors (Lipinski definition) is 2. The second-order valence-electron chi connectivity index (χ2n) is 3.45. The van der Waals surface area contributed by atoms with Crippen LogP contribution in [0.3, 0.4) is 0 Å². The highest BCUT2D eigenvalue weighted by Crippen LogP contribution is 2.20. The van der Waals surface area contributed by atoms with Crippen molar-refractivity contribution in [1.82, 2.24) is 0 Å². The van der Waals surface area contributed by atoms with Crippen LogP contribution >= 0.6 is 0 Å². The van der Waals surface area contributed by atoms with E-state index in [2.05, 4.69) is 4.84 Å². The Kier molecular flexibility index (Phi) is 4.90. The van der Waals surface area contributed by atoms with Crippen molar-refractivity contribution in [2.24, 2.45) is 11.8 Å². The quantitative estimate of drug-likeness (QED) is 0.593. The first kappa shape index (κ1) is 12.3. The largest absolute Gasteiger partial charge is 0.479 e. The summed E-state index contributed by atoms with van der Waals surface area (Å²) in [7, 11) is 1.41. The van der Waals surface area contributed by atoms with E-state index in [1.165, 1.54) is 7.11 Å². The van der Waals surface area contributed by atoms with Gasteiger partial charge in [0.05, 0.1) is 6.61 Å². The summed E-state index contributed by atoms with van der Waals surface area (Å²) >= 11 is 0. The molecule has 0 bridgehead atoms. The summed E-state index contributed by atoms with van der Waals surface area (Å²) in [5, 5.41) is 8.92. The fourth-order valence-corrected chi connectivity index (χ4v) is 1.23. The Bertz CT molecular complexity index is 172. The van der Waals surface area contributed by atoms with Gasteiger partial charge in [0.15, 0.2) is 0 Å². The Hall–Kier alpha value is -0.650. The maximum Gasteiger partial charge on any atom is 0.340 e. The summed E-state index contributed by atoms with van der Waals surface area (Å²) in [6.45, 7) is 3.75. The molecule has 0 saturated carbocycles. The van der Waals surface area contributed by atoms with Crippen LogP contribution < -0.4 is 5.90 Å². The standard InChI is InChI=1S/C8H17NO4/c1-6(2)4-8(13-9,5-12-3)7(10)11/h6H,4-5,9H2,1-3H3,(H,10,11)/t8-/m0/s1. The number of carboxylic acids is 1. The summed E-state index contributed by atoms with van der Waals surface area (Å²) in [5.41, 5.74) is -1.41. The molecule has 0 aliphatic carbocycles. The van der Waals surface area contributed by atoms with Crippen molar-refractivity contribution in [1.29, 1.82) is 0 Å². The third-order valence-corrected chi connectivity index (χ3v) is 1.73. The molecule has 0 saturated heterocycles. The van der Waals surface area contributed by atoms with Gasteiger partial charge in [0.25, 0.3) is 0 Å². The van der Waals surface area contributed by atoms with Crippen LogP contribution in [0.2, 0.25) is 0 Å². The van der Waals surface area contributed by atoms with Crippen LogP contribution in [0.5, 0.6) is 0 Å². The van der Waals surface area contributed by atoms with Crippen molar-refractivity contribution in [3.63, 3.8) is 0 Å². The third kappa shape index (κ3) is 3.30. The lowest BCUT2D eigenvalue weighted by molar-refractivity contribution is -0.177.